The molecule has 1 N–H and O–H groups in total. The highest BCUT2D eigenvalue weighted by Gasteiger charge is 2.40. The molecule has 0 bridgehead atoms. The van der Waals surface area contributed by atoms with E-state index in [0.29, 0.717) is 25.7 Å². The van der Waals surface area contributed by atoms with E-state index >= 15 is 0 Å². The fraction of sp³-hybridized carbons (Fsp3) is 0.571. The summed E-state index contributed by atoms with van der Waals surface area (Å²) in [5.74, 6) is 0.0886. The van der Waals surface area contributed by atoms with Crippen LogP contribution in [0.2, 0.25) is 0 Å². The molecule has 1 aliphatic heterocycles. The molecule has 3 rings (SSSR count). The summed E-state index contributed by atoms with van der Waals surface area (Å²) in [5.41, 5.74) is 0. The first-order valence-corrected chi connectivity index (χ1v) is 6.93. The SMILES string of the molecule is O=C(O)CC1CN(C(=O)N(Cc2ccco2)C2CC2)C1. The predicted molar refractivity (Wildman–Crippen MR) is 70.0 cm³/mol. The molecule has 0 unspecified atom stereocenters. The van der Waals surface area contributed by atoms with E-state index in [1.165, 1.54) is 0 Å². The van der Waals surface area contributed by atoms with Gasteiger partial charge in [-0.2, -0.15) is 0 Å². The standard InChI is InChI=1S/C14H18N2O4/c17-13(18)6-10-7-15(8-10)14(19)16(11-3-4-11)9-12-2-1-5-20-12/h1-2,5,10-11H,3-4,6-9H2,(H,17,18). The van der Waals surface area contributed by atoms with Crippen molar-refractivity contribution >= 4 is 12.0 Å². The third-order valence-corrected chi connectivity index (χ3v) is 3.83. The van der Waals surface area contributed by atoms with Crippen LogP contribution in [-0.2, 0) is 11.3 Å². The summed E-state index contributed by atoms with van der Waals surface area (Å²) in [6.45, 7) is 1.59. The number of nitrogens with zero attached hydrogens (tertiary/aromatic N) is 2. The normalized spacial score (nSPS) is 18.7. The number of aliphatic carboxylic acids is 1. The fourth-order valence-electron chi connectivity index (χ4n) is 2.59. The van der Waals surface area contributed by atoms with Crippen molar-refractivity contribution < 1.29 is 19.1 Å². The van der Waals surface area contributed by atoms with Crippen molar-refractivity contribution in [3.8, 4) is 0 Å². The minimum Gasteiger partial charge on any atom is -0.481 e. The highest BCUT2D eigenvalue weighted by Crippen LogP contribution is 2.31. The molecule has 1 saturated carbocycles. The lowest BCUT2D eigenvalue weighted by Crippen LogP contribution is -2.55. The van der Waals surface area contributed by atoms with Crippen LogP contribution in [0, 0.1) is 5.92 Å². The lowest BCUT2D eigenvalue weighted by Gasteiger charge is -2.41. The van der Waals surface area contributed by atoms with E-state index in [4.69, 9.17) is 9.52 Å². The van der Waals surface area contributed by atoms with Crippen LogP contribution >= 0.6 is 0 Å². The van der Waals surface area contributed by atoms with Gasteiger partial charge in [0.25, 0.3) is 0 Å². The van der Waals surface area contributed by atoms with Crippen LogP contribution in [0.5, 0.6) is 0 Å². The minimum absolute atomic E-state index is 0.00513. The molecular formula is C14H18N2O4. The lowest BCUT2D eigenvalue weighted by molar-refractivity contribution is -0.139. The number of likely N-dealkylation sites (tertiary alicyclic amines) is 1. The first-order chi connectivity index (χ1) is 9.63. The van der Waals surface area contributed by atoms with Gasteiger partial charge in [-0.25, -0.2) is 4.79 Å². The molecule has 108 valence electrons. The largest absolute Gasteiger partial charge is 0.481 e. The highest BCUT2D eigenvalue weighted by atomic mass is 16.4. The summed E-state index contributed by atoms with van der Waals surface area (Å²) < 4.78 is 5.31. The van der Waals surface area contributed by atoms with Crippen molar-refractivity contribution in [1.82, 2.24) is 9.80 Å². The molecule has 1 aromatic rings. The zero-order valence-electron chi connectivity index (χ0n) is 11.2. The Bertz CT molecular complexity index is 489. The summed E-state index contributed by atoms with van der Waals surface area (Å²) in [5, 5.41) is 8.73. The molecule has 6 nitrogen and oxygen atoms in total. The Morgan fingerprint density at radius 2 is 2.15 bits per heavy atom. The van der Waals surface area contributed by atoms with Gasteiger partial charge in [-0.1, -0.05) is 0 Å². The Morgan fingerprint density at radius 3 is 2.70 bits per heavy atom. The second-order valence-electron chi connectivity index (χ2n) is 5.59. The van der Waals surface area contributed by atoms with E-state index in [1.54, 1.807) is 11.2 Å². The van der Waals surface area contributed by atoms with E-state index in [0.717, 1.165) is 18.6 Å². The Hall–Kier alpha value is -1.98. The van der Waals surface area contributed by atoms with Crippen LogP contribution in [0.15, 0.2) is 22.8 Å². The molecular weight excluding hydrogens is 260 g/mol. The number of hydrogen-bond acceptors (Lipinski definition) is 3. The molecule has 1 saturated heterocycles. The number of carboxylic acid groups (broad SMARTS) is 1. The zero-order valence-corrected chi connectivity index (χ0v) is 11.2. The molecule has 0 aromatic carbocycles. The average molecular weight is 278 g/mol. The Kier molecular flexibility index (Phi) is 3.38. The van der Waals surface area contributed by atoms with Gasteiger partial charge in [0.05, 0.1) is 19.2 Å². The molecule has 0 atom stereocenters. The van der Waals surface area contributed by atoms with Crippen LogP contribution < -0.4 is 0 Å². The Balaban J connectivity index is 1.56. The molecule has 6 heteroatoms. The second kappa shape index (κ2) is 5.19. The van der Waals surface area contributed by atoms with Gasteiger partial charge in [0.2, 0.25) is 0 Å². The monoisotopic (exact) mass is 278 g/mol. The van der Waals surface area contributed by atoms with Crippen molar-refractivity contribution in [2.75, 3.05) is 13.1 Å². The maximum absolute atomic E-state index is 12.4. The minimum atomic E-state index is -0.795. The number of carbonyl (C=O) groups excluding carboxylic acids is 1. The van der Waals surface area contributed by atoms with Crippen LogP contribution in [0.3, 0.4) is 0 Å². The Morgan fingerprint density at radius 1 is 1.40 bits per heavy atom. The quantitative estimate of drug-likeness (QED) is 0.890. The third kappa shape index (κ3) is 2.79. The van der Waals surface area contributed by atoms with Crippen LogP contribution in [0.4, 0.5) is 4.79 Å². The molecule has 2 amide bonds. The van der Waals surface area contributed by atoms with Crippen LogP contribution in [0.1, 0.15) is 25.0 Å². The van der Waals surface area contributed by atoms with Crippen molar-refractivity contribution in [1.29, 1.82) is 0 Å². The van der Waals surface area contributed by atoms with E-state index in [2.05, 4.69) is 0 Å². The molecule has 0 spiro atoms. The van der Waals surface area contributed by atoms with Crippen molar-refractivity contribution in [2.24, 2.45) is 5.92 Å². The smallest absolute Gasteiger partial charge is 0.320 e. The number of urea groups is 1. The molecule has 2 fully saturated rings. The summed E-state index contributed by atoms with van der Waals surface area (Å²) in [4.78, 5) is 26.6. The molecule has 1 aromatic heterocycles. The number of rotatable bonds is 5. The van der Waals surface area contributed by atoms with Gasteiger partial charge in [0.1, 0.15) is 5.76 Å². The third-order valence-electron chi connectivity index (χ3n) is 3.83. The summed E-state index contributed by atoms with van der Waals surface area (Å²) in [7, 11) is 0. The molecule has 0 radical (unpaired) electrons. The number of hydrogen-bond donors (Lipinski definition) is 1. The van der Waals surface area contributed by atoms with E-state index < -0.39 is 5.97 Å². The maximum atomic E-state index is 12.4. The summed E-state index contributed by atoms with van der Waals surface area (Å²) in [6, 6.07) is 4.00. The summed E-state index contributed by atoms with van der Waals surface area (Å²) in [6.07, 6.45) is 3.83. The number of carbonyl (C=O) groups is 2. The van der Waals surface area contributed by atoms with Gasteiger partial charge >= 0.3 is 12.0 Å². The van der Waals surface area contributed by atoms with Crippen molar-refractivity contribution in [3.63, 3.8) is 0 Å². The van der Waals surface area contributed by atoms with Gasteiger partial charge < -0.3 is 19.3 Å². The zero-order chi connectivity index (χ0) is 14.1. The van der Waals surface area contributed by atoms with E-state index in [1.807, 2.05) is 17.0 Å². The van der Waals surface area contributed by atoms with Crippen molar-refractivity contribution in [2.45, 2.75) is 31.8 Å². The molecule has 1 aliphatic carbocycles. The van der Waals surface area contributed by atoms with Gasteiger partial charge in [0.15, 0.2) is 0 Å². The van der Waals surface area contributed by atoms with E-state index in [9.17, 15) is 9.59 Å². The van der Waals surface area contributed by atoms with Gasteiger partial charge in [-0.3, -0.25) is 4.79 Å². The Labute approximate surface area is 117 Å². The summed E-state index contributed by atoms with van der Waals surface area (Å²) >= 11 is 0. The molecule has 20 heavy (non-hydrogen) atoms. The predicted octanol–water partition coefficient (Wildman–Crippen LogP) is 1.77. The van der Waals surface area contributed by atoms with Gasteiger partial charge in [-0.15, -0.1) is 0 Å². The van der Waals surface area contributed by atoms with Gasteiger partial charge in [0, 0.05) is 25.0 Å². The maximum Gasteiger partial charge on any atom is 0.320 e. The van der Waals surface area contributed by atoms with Crippen molar-refractivity contribution in [3.05, 3.63) is 24.2 Å². The second-order valence-corrected chi connectivity index (χ2v) is 5.59. The number of amides is 2. The average Bonchev–Trinajstić information content (AvgIpc) is 3.06. The number of carboxylic acids is 1. The van der Waals surface area contributed by atoms with Crippen LogP contribution in [0.25, 0.3) is 0 Å². The highest BCUT2D eigenvalue weighted by molar-refractivity contribution is 5.76. The first-order valence-electron chi connectivity index (χ1n) is 6.93. The fourth-order valence-corrected chi connectivity index (χ4v) is 2.59. The van der Waals surface area contributed by atoms with Gasteiger partial charge in [-0.05, 0) is 25.0 Å². The van der Waals surface area contributed by atoms with Crippen LogP contribution in [-0.4, -0.2) is 46.0 Å². The lowest BCUT2D eigenvalue weighted by atomic mass is 9.97. The molecule has 2 heterocycles. The van der Waals surface area contributed by atoms with E-state index in [-0.39, 0.29) is 18.4 Å². The molecule has 2 aliphatic rings. The number of furan rings is 1. The first kappa shape index (κ1) is 13.0. The topological polar surface area (TPSA) is 74.0 Å².